The minimum atomic E-state index is -4.86. The molecule has 1 aromatic carbocycles. The molecule has 0 saturated carbocycles. The fourth-order valence-electron chi connectivity index (χ4n) is 1.17. The SMILES string of the molecule is NC[C@@H](N)c1cccc(OC(F)(F)F)c1O. The molecule has 1 aromatic rings. The van der Waals surface area contributed by atoms with Crippen molar-refractivity contribution in [3.05, 3.63) is 23.8 Å². The van der Waals surface area contributed by atoms with Gasteiger partial charge >= 0.3 is 6.36 Å². The lowest BCUT2D eigenvalue weighted by atomic mass is 10.1. The molecule has 0 radical (unpaired) electrons. The Morgan fingerprint density at radius 3 is 2.50 bits per heavy atom. The number of benzene rings is 1. The Morgan fingerprint density at radius 2 is 2.00 bits per heavy atom. The largest absolute Gasteiger partial charge is 0.573 e. The van der Waals surface area contributed by atoms with Crippen molar-refractivity contribution in [3.63, 3.8) is 0 Å². The van der Waals surface area contributed by atoms with Gasteiger partial charge in [-0.2, -0.15) is 0 Å². The van der Waals surface area contributed by atoms with Crippen LogP contribution in [0.3, 0.4) is 0 Å². The van der Waals surface area contributed by atoms with E-state index in [4.69, 9.17) is 11.5 Å². The van der Waals surface area contributed by atoms with Crippen molar-refractivity contribution in [1.29, 1.82) is 0 Å². The standard InChI is InChI=1S/C9H11F3N2O2/c10-9(11,12)16-7-3-1-2-5(8(7)15)6(14)4-13/h1-3,6,15H,4,13-14H2/t6-/m1/s1. The van der Waals surface area contributed by atoms with Crippen LogP contribution in [0.5, 0.6) is 11.5 Å². The summed E-state index contributed by atoms with van der Waals surface area (Å²) in [5.74, 6) is -1.33. The van der Waals surface area contributed by atoms with Gasteiger partial charge in [-0.05, 0) is 6.07 Å². The smallest absolute Gasteiger partial charge is 0.504 e. The van der Waals surface area contributed by atoms with Gasteiger partial charge in [-0.25, -0.2) is 0 Å². The Bertz CT molecular complexity index is 368. The maximum Gasteiger partial charge on any atom is 0.573 e. The molecule has 0 spiro atoms. The number of nitrogens with two attached hydrogens (primary N) is 2. The van der Waals surface area contributed by atoms with Crippen LogP contribution < -0.4 is 16.2 Å². The number of alkyl halides is 3. The van der Waals surface area contributed by atoms with E-state index in [9.17, 15) is 18.3 Å². The van der Waals surface area contributed by atoms with Crippen molar-refractivity contribution in [3.8, 4) is 11.5 Å². The number of aromatic hydroxyl groups is 1. The van der Waals surface area contributed by atoms with E-state index < -0.39 is 23.9 Å². The number of hydrogen-bond donors (Lipinski definition) is 3. The van der Waals surface area contributed by atoms with Crippen molar-refractivity contribution < 1.29 is 23.0 Å². The first kappa shape index (κ1) is 12.6. The Labute approximate surface area is 89.6 Å². The monoisotopic (exact) mass is 236 g/mol. The number of phenols is 1. The molecule has 0 aliphatic rings. The van der Waals surface area contributed by atoms with E-state index in [2.05, 4.69) is 4.74 Å². The van der Waals surface area contributed by atoms with Crippen LogP contribution >= 0.6 is 0 Å². The quantitative estimate of drug-likeness (QED) is 0.737. The van der Waals surface area contributed by atoms with E-state index in [1.165, 1.54) is 12.1 Å². The number of halogens is 3. The number of hydrogen-bond acceptors (Lipinski definition) is 4. The summed E-state index contributed by atoms with van der Waals surface area (Å²) in [7, 11) is 0. The zero-order valence-corrected chi connectivity index (χ0v) is 8.16. The van der Waals surface area contributed by atoms with Gasteiger partial charge in [0.1, 0.15) is 0 Å². The molecule has 0 amide bonds. The fraction of sp³-hybridized carbons (Fsp3) is 0.333. The third kappa shape index (κ3) is 3.01. The van der Waals surface area contributed by atoms with Crippen molar-refractivity contribution in [1.82, 2.24) is 0 Å². The first-order chi connectivity index (χ1) is 7.35. The van der Waals surface area contributed by atoms with Crippen LogP contribution in [0.15, 0.2) is 18.2 Å². The third-order valence-electron chi connectivity index (χ3n) is 1.91. The van der Waals surface area contributed by atoms with Gasteiger partial charge in [0.25, 0.3) is 0 Å². The molecule has 0 bridgehead atoms. The van der Waals surface area contributed by atoms with Crippen LogP contribution in [0.4, 0.5) is 13.2 Å². The molecule has 1 atom stereocenters. The van der Waals surface area contributed by atoms with Gasteiger partial charge in [-0.1, -0.05) is 12.1 Å². The maximum atomic E-state index is 11.9. The Kier molecular flexibility index (Phi) is 3.61. The molecule has 90 valence electrons. The van der Waals surface area contributed by atoms with Crippen LogP contribution in [0.2, 0.25) is 0 Å². The molecule has 7 heteroatoms. The van der Waals surface area contributed by atoms with Crippen molar-refractivity contribution in [2.75, 3.05) is 6.54 Å². The van der Waals surface area contributed by atoms with Gasteiger partial charge in [0, 0.05) is 18.2 Å². The van der Waals surface area contributed by atoms with E-state index in [0.717, 1.165) is 6.07 Å². The molecule has 0 aliphatic heterocycles. The van der Waals surface area contributed by atoms with E-state index in [-0.39, 0.29) is 12.1 Å². The lowest BCUT2D eigenvalue weighted by Crippen LogP contribution is -2.22. The van der Waals surface area contributed by atoms with Crippen molar-refractivity contribution in [2.24, 2.45) is 11.5 Å². The molecule has 5 N–H and O–H groups in total. The second-order valence-electron chi connectivity index (χ2n) is 3.08. The fourth-order valence-corrected chi connectivity index (χ4v) is 1.17. The number of ether oxygens (including phenoxy) is 1. The summed E-state index contributed by atoms with van der Waals surface area (Å²) in [4.78, 5) is 0. The van der Waals surface area contributed by atoms with Gasteiger partial charge in [-0.3, -0.25) is 0 Å². The summed E-state index contributed by atoms with van der Waals surface area (Å²) in [6.07, 6.45) is -4.86. The Hall–Kier alpha value is -1.47. The molecule has 0 heterocycles. The first-order valence-corrected chi connectivity index (χ1v) is 4.38. The number of rotatable bonds is 3. The second-order valence-corrected chi connectivity index (χ2v) is 3.08. The zero-order valence-electron chi connectivity index (χ0n) is 8.16. The van der Waals surface area contributed by atoms with Gasteiger partial charge in [0.2, 0.25) is 0 Å². The third-order valence-corrected chi connectivity index (χ3v) is 1.91. The van der Waals surface area contributed by atoms with Gasteiger partial charge in [0.05, 0.1) is 0 Å². The highest BCUT2D eigenvalue weighted by molar-refractivity contribution is 5.47. The minimum absolute atomic E-state index is 0.00301. The molecule has 1 rings (SSSR count). The van der Waals surface area contributed by atoms with E-state index in [1.54, 1.807) is 0 Å². The second kappa shape index (κ2) is 4.58. The average molecular weight is 236 g/mol. The summed E-state index contributed by atoms with van der Waals surface area (Å²) in [5, 5.41) is 9.49. The predicted molar refractivity (Wildman–Crippen MR) is 50.8 cm³/mol. The summed E-state index contributed by atoms with van der Waals surface area (Å²) >= 11 is 0. The highest BCUT2D eigenvalue weighted by Crippen LogP contribution is 2.35. The summed E-state index contributed by atoms with van der Waals surface area (Å²) in [6, 6.07) is 2.94. The Morgan fingerprint density at radius 1 is 1.38 bits per heavy atom. The molecule has 0 aromatic heterocycles. The van der Waals surface area contributed by atoms with Crippen LogP contribution in [-0.2, 0) is 0 Å². The topological polar surface area (TPSA) is 81.5 Å². The minimum Gasteiger partial charge on any atom is -0.504 e. The lowest BCUT2D eigenvalue weighted by Gasteiger charge is -2.15. The van der Waals surface area contributed by atoms with E-state index in [0.29, 0.717) is 0 Å². The molecular weight excluding hydrogens is 225 g/mol. The zero-order chi connectivity index (χ0) is 12.3. The first-order valence-electron chi connectivity index (χ1n) is 4.38. The highest BCUT2D eigenvalue weighted by atomic mass is 19.4. The summed E-state index contributed by atoms with van der Waals surface area (Å²) in [5.41, 5.74) is 10.9. The summed E-state index contributed by atoms with van der Waals surface area (Å²) in [6.45, 7) is 0.00301. The van der Waals surface area contributed by atoms with Crippen LogP contribution in [0.25, 0.3) is 0 Å². The van der Waals surface area contributed by atoms with Crippen LogP contribution in [-0.4, -0.2) is 18.0 Å². The highest BCUT2D eigenvalue weighted by Gasteiger charge is 2.32. The molecule has 0 unspecified atom stereocenters. The number of phenolic OH excluding ortho intramolecular Hbond substituents is 1. The van der Waals surface area contributed by atoms with Crippen molar-refractivity contribution >= 4 is 0 Å². The van der Waals surface area contributed by atoms with E-state index in [1.807, 2.05) is 0 Å². The number of para-hydroxylation sites is 1. The molecule has 0 aliphatic carbocycles. The van der Waals surface area contributed by atoms with Gasteiger partial charge in [0.15, 0.2) is 11.5 Å². The van der Waals surface area contributed by atoms with Crippen LogP contribution in [0, 0.1) is 0 Å². The molecule has 4 nitrogen and oxygen atoms in total. The van der Waals surface area contributed by atoms with E-state index >= 15 is 0 Å². The molecule has 0 saturated heterocycles. The molecule has 0 fully saturated rings. The predicted octanol–water partition coefficient (Wildman–Crippen LogP) is 1.25. The molecule has 16 heavy (non-hydrogen) atoms. The normalized spacial score (nSPS) is 13.6. The van der Waals surface area contributed by atoms with Gasteiger partial charge < -0.3 is 21.3 Å². The van der Waals surface area contributed by atoms with Gasteiger partial charge in [-0.15, -0.1) is 13.2 Å². The lowest BCUT2D eigenvalue weighted by molar-refractivity contribution is -0.275. The Balaban J connectivity index is 3.04. The molecular formula is C9H11F3N2O2. The summed E-state index contributed by atoms with van der Waals surface area (Å²) < 4.78 is 39.5. The van der Waals surface area contributed by atoms with Crippen LogP contribution in [0.1, 0.15) is 11.6 Å². The average Bonchev–Trinajstić information content (AvgIpc) is 2.18. The van der Waals surface area contributed by atoms with Crippen molar-refractivity contribution in [2.45, 2.75) is 12.4 Å². The maximum absolute atomic E-state index is 11.9.